The number of likely N-dealkylation sites (tertiary alicyclic amines) is 1. The van der Waals surface area contributed by atoms with Gasteiger partial charge in [-0.3, -0.25) is 0 Å². The number of hydrogen-bond donors (Lipinski definition) is 0. The third-order valence-electron chi connectivity index (χ3n) is 2.13. The molecule has 14 heavy (non-hydrogen) atoms. The highest BCUT2D eigenvalue weighted by Crippen LogP contribution is 2.09. The van der Waals surface area contributed by atoms with E-state index in [1.165, 1.54) is 6.42 Å². The fourth-order valence-corrected chi connectivity index (χ4v) is 1.38. The van der Waals surface area contributed by atoms with Gasteiger partial charge >= 0.3 is 6.09 Å². The number of ether oxygens (including phenoxy) is 2. The van der Waals surface area contributed by atoms with Gasteiger partial charge in [-0.2, -0.15) is 0 Å². The molecule has 1 saturated heterocycles. The van der Waals surface area contributed by atoms with Crippen LogP contribution in [0.4, 0.5) is 4.79 Å². The molecule has 0 bridgehead atoms. The zero-order valence-corrected chi connectivity index (χ0v) is 9.35. The summed E-state index contributed by atoms with van der Waals surface area (Å²) in [6.07, 6.45) is 3.22. The lowest BCUT2D eigenvalue weighted by Crippen LogP contribution is -2.36. The first-order valence-corrected chi connectivity index (χ1v) is 4.75. The van der Waals surface area contributed by atoms with E-state index in [9.17, 15) is 4.79 Å². The van der Waals surface area contributed by atoms with Crippen LogP contribution in [0.5, 0.6) is 0 Å². The predicted octanol–water partition coefficient (Wildman–Crippen LogP) is 1.68. The van der Waals surface area contributed by atoms with Gasteiger partial charge < -0.3 is 14.4 Å². The van der Waals surface area contributed by atoms with E-state index in [4.69, 9.17) is 9.47 Å². The minimum atomic E-state index is -0.197. The first-order valence-electron chi connectivity index (χ1n) is 4.75. The molecule has 0 aliphatic carbocycles. The maximum Gasteiger partial charge on any atom is 0.409 e. The largest absolute Gasteiger partial charge is 0.447 e. The molecule has 0 saturated carbocycles. The summed E-state index contributed by atoms with van der Waals surface area (Å²) >= 11 is 0. The number of rotatable bonds is 3. The van der Waals surface area contributed by atoms with Crippen LogP contribution in [0.1, 0.15) is 19.3 Å². The van der Waals surface area contributed by atoms with E-state index in [0.29, 0.717) is 13.2 Å². The Hall–Kier alpha value is -0.480. The van der Waals surface area contributed by atoms with Gasteiger partial charge in [-0.15, -0.1) is 12.4 Å². The van der Waals surface area contributed by atoms with Crippen molar-refractivity contribution >= 4 is 18.5 Å². The molecule has 1 aliphatic rings. The quantitative estimate of drug-likeness (QED) is 0.684. The average molecular weight is 224 g/mol. The van der Waals surface area contributed by atoms with E-state index < -0.39 is 0 Å². The van der Waals surface area contributed by atoms with Crippen LogP contribution in [0.2, 0.25) is 0 Å². The van der Waals surface area contributed by atoms with Gasteiger partial charge in [0.25, 0.3) is 0 Å². The molecule has 1 rings (SSSR count). The summed E-state index contributed by atoms with van der Waals surface area (Å²) in [4.78, 5) is 13.1. The normalized spacial score (nSPS) is 15.9. The summed E-state index contributed by atoms with van der Waals surface area (Å²) in [6.45, 7) is 2.50. The number of hydrogen-bond acceptors (Lipinski definition) is 3. The van der Waals surface area contributed by atoms with Crippen LogP contribution in [-0.4, -0.2) is 44.4 Å². The fourth-order valence-electron chi connectivity index (χ4n) is 1.38. The minimum Gasteiger partial charge on any atom is -0.447 e. The van der Waals surface area contributed by atoms with E-state index in [-0.39, 0.29) is 18.5 Å². The lowest BCUT2D eigenvalue weighted by molar-refractivity contribution is 0.0674. The molecule has 0 radical (unpaired) electrons. The Morgan fingerprint density at radius 1 is 1.21 bits per heavy atom. The molecule has 0 unspecified atom stereocenters. The summed E-state index contributed by atoms with van der Waals surface area (Å²) in [7, 11) is 1.59. The van der Waals surface area contributed by atoms with E-state index in [1.807, 2.05) is 0 Å². The van der Waals surface area contributed by atoms with E-state index in [1.54, 1.807) is 12.0 Å². The van der Waals surface area contributed by atoms with Gasteiger partial charge in [0.2, 0.25) is 0 Å². The number of piperidine rings is 1. The first kappa shape index (κ1) is 13.5. The van der Waals surface area contributed by atoms with Crippen LogP contribution in [0.25, 0.3) is 0 Å². The van der Waals surface area contributed by atoms with Gasteiger partial charge in [-0.1, -0.05) is 0 Å². The molecular weight excluding hydrogens is 206 g/mol. The Labute approximate surface area is 91.0 Å². The van der Waals surface area contributed by atoms with Crippen LogP contribution >= 0.6 is 12.4 Å². The summed E-state index contributed by atoms with van der Waals surface area (Å²) in [5, 5.41) is 0. The average Bonchev–Trinajstić information content (AvgIpc) is 2.19. The fraction of sp³-hybridized carbons (Fsp3) is 0.889. The molecule has 1 aliphatic heterocycles. The van der Waals surface area contributed by atoms with Crippen molar-refractivity contribution in [3.8, 4) is 0 Å². The van der Waals surface area contributed by atoms with Crippen LogP contribution < -0.4 is 0 Å². The molecule has 0 aromatic rings. The topological polar surface area (TPSA) is 38.8 Å². The zero-order valence-electron chi connectivity index (χ0n) is 8.53. The van der Waals surface area contributed by atoms with Crippen molar-refractivity contribution in [2.45, 2.75) is 19.3 Å². The van der Waals surface area contributed by atoms with Gasteiger partial charge in [0.05, 0.1) is 6.61 Å². The van der Waals surface area contributed by atoms with Crippen molar-refractivity contribution in [2.75, 3.05) is 33.4 Å². The highest BCUT2D eigenvalue weighted by Gasteiger charge is 2.16. The molecule has 84 valence electrons. The lowest BCUT2D eigenvalue weighted by atomic mass is 10.1. The van der Waals surface area contributed by atoms with Gasteiger partial charge in [-0.25, -0.2) is 4.79 Å². The van der Waals surface area contributed by atoms with Gasteiger partial charge in [0, 0.05) is 20.2 Å². The summed E-state index contributed by atoms with van der Waals surface area (Å²) < 4.78 is 9.77. The Kier molecular flexibility index (Phi) is 7.61. The standard InChI is InChI=1S/C9H17NO3.ClH/c1-12-7-8-13-9(11)10-5-3-2-4-6-10;/h2-8H2,1H3;1H. The summed E-state index contributed by atoms with van der Waals surface area (Å²) in [6, 6.07) is 0. The van der Waals surface area contributed by atoms with E-state index in [2.05, 4.69) is 0 Å². The van der Waals surface area contributed by atoms with Crippen LogP contribution in [-0.2, 0) is 9.47 Å². The molecule has 0 atom stereocenters. The maximum atomic E-state index is 11.3. The zero-order chi connectivity index (χ0) is 9.52. The molecule has 1 amide bonds. The molecule has 0 aromatic heterocycles. The van der Waals surface area contributed by atoms with E-state index >= 15 is 0 Å². The number of methoxy groups -OCH3 is 1. The van der Waals surface area contributed by atoms with Crippen molar-refractivity contribution in [1.82, 2.24) is 4.90 Å². The van der Waals surface area contributed by atoms with Crippen LogP contribution in [0, 0.1) is 0 Å². The molecule has 4 nitrogen and oxygen atoms in total. The van der Waals surface area contributed by atoms with Gasteiger partial charge in [0.15, 0.2) is 0 Å². The molecule has 5 heteroatoms. The van der Waals surface area contributed by atoms with Crippen molar-refractivity contribution < 1.29 is 14.3 Å². The van der Waals surface area contributed by atoms with Gasteiger partial charge in [0.1, 0.15) is 6.61 Å². The second-order valence-corrected chi connectivity index (χ2v) is 3.15. The number of nitrogens with zero attached hydrogens (tertiary/aromatic N) is 1. The molecular formula is C9H18ClNO3. The first-order chi connectivity index (χ1) is 6.34. The predicted molar refractivity (Wildman–Crippen MR) is 55.9 cm³/mol. The highest BCUT2D eigenvalue weighted by molar-refractivity contribution is 5.85. The second-order valence-electron chi connectivity index (χ2n) is 3.15. The lowest BCUT2D eigenvalue weighted by Gasteiger charge is -2.25. The van der Waals surface area contributed by atoms with Crippen LogP contribution in [0.15, 0.2) is 0 Å². The Morgan fingerprint density at radius 3 is 2.43 bits per heavy atom. The summed E-state index contributed by atoms with van der Waals surface area (Å²) in [5.41, 5.74) is 0. The molecule has 0 N–H and O–H groups in total. The third-order valence-corrected chi connectivity index (χ3v) is 2.13. The smallest absolute Gasteiger partial charge is 0.409 e. The van der Waals surface area contributed by atoms with Crippen LogP contribution in [0.3, 0.4) is 0 Å². The summed E-state index contributed by atoms with van der Waals surface area (Å²) in [5.74, 6) is 0. The molecule has 0 spiro atoms. The number of halogens is 1. The number of amides is 1. The van der Waals surface area contributed by atoms with Crippen molar-refractivity contribution in [3.05, 3.63) is 0 Å². The number of carbonyl (C=O) groups is 1. The Morgan fingerprint density at radius 2 is 1.86 bits per heavy atom. The van der Waals surface area contributed by atoms with Crippen molar-refractivity contribution in [1.29, 1.82) is 0 Å². The second kappa shape index (κ2) is 7.88. The highest BCUT2D eigenvalue weighted by atomic mass is 35.5. The van der Waals surface area contributed by atoms with Crippen molar-refractivity contribution in [3.63, 3.8) is 0 Å². The molecule has 0 aromatic carbocycles. The molecule has 1 fully saturated rings. The maximum absolute atomic E-state index is 11.3. The number of carbonyl (C=O) groups excluding carboxylic acids is 1. The Balaban J connectivity index is 0.00000169. The minimum absolute atomic E-state index is 0. The van der Waals surface area contributed by atoms with Gasteiger partial charge in [-0.05, 0) is 19.3 Å². The third kappa shape index (κ3) is 4.67. The monoisotopic (exact) mass is 223 g/mol. The SMILES string of the molecule is COCCOC(=O)N1CCCCC1.Cl. The van der Waals surface area contributed by atoms with E-state index in [0.717, 1.165) is 25.9 Å². The van der Waals surface area contributed by atoms with Crippen molar-refractivity contribution in [2.24, 2.45) is 0 Å². The molecule has 1 heterocycles. The Bertz CT molecular complexity index is 160.